The fourth-order valence-electron chi connectivity index (χ4n) is 2.18. The van der Waals surface area contributed by atoms with Crippen molar-refractivity contribution < 1.29 is 5.11 Å². The Hall–Kier alpha value is -0.600. The molecule has 1 atom stereocenters. The monoisotopic (exact) mass is 312 g/mol. The van der Waals surface area contributed by atoms with Crippen LogP contribution in [0.4, 0.5) is 0 Å². The predicted molar refractivity (Wildman–Crippen MR) is 92.4 cm³/mol. The molecule has 0 spiro atoms. The molecule has 0 amide bonds. The lowest BCUT2D eigenvalue weighted by atomic mass is 9.77. The normalized spacial score (nSPS) is 14.2. The molecule has 20 heavy (non-hydrogen) atoms. The van der Waals surface area contributed by atoms with Crippen molar-refractivity contribution in [2.24, 2.45) is 0 Å². The number of thiocarbonyl (C=S) groups is 1. The zero-order chi connectivity index (χ0) is 15.9. The van der Waals surface area contributed by atoms with E-state index >= 15 is 0 Å². The highest BCUT2D eigenvalue weighted by molar-refractivity contribution is 7.83. The van der Waals surface area contributed by atoms with E-state index in [1.807, 2.05) is 19.1 Å². The highest BCUT2D eigenvalue weighted by Gasteiger charge is 2.27. The topological polar surface area (TPSA) is 20.2 Å². The Morgan fingerprint density at radius 2 is 1.40 bits per heavy atom. The first-order chi connectivity index (χ1) is 8.85. The van der Waals surface area contributed by atoms with E-state index < -0.39 is 0 Å². The number of hydrogen-bond donors (Lipinski definition) is 1. The molecule has 1 aromatic carbocycles. The molecule has 1 N–H and O–H groups in total. The summed E-state index contributed by atoms with van der Waals surface area (Å²) in [5.41, 5.74) is 2.69. The molecule has 0 aliphatic carbocycles. The second-order valence-corrected chi connectivity index (χ2v) is 8.56. The largest absolute Gasteiger partial charge is 0.507 e. The first kappa shape index (κ1) is 17.5. The number of benzene rings is 1. The molecular weight excluding hydrogens is 288 g/mol. The summed E-state index contributed by atoms with van der Waals surface area (Å²) >= 11 is 11.1. The zero-order valence-electron chi connectivity index (χ0n) is 13.5. The minimum absolute atomic E-state index is 0.00512. The van der Waals surface area contributed by atoms with E-state index in [4.69, 9.17) is 23.8 Å². The van der Waals surface area contributed by atoms with E-state index in [-0.39, 0.29) is 16.7 Å². The summed E-state index contributed by atoms with van der Waals surface area (Å²) in [5.74, 6) is 0.385. The quantitative estimate of drug-likeness (QED) is 0.562. The van der Waals surface area contributed by atoms with Gasteiger partial charge in [-0.1, -0.05) is 84.4 Å². The average Bonchev–Trinajstić information content (AvgIpc) is 2.24. The number of phenols is 1. The summed E-state index contributed by atoms with van der Waals surface area (Å²) in [6.45, 7) is 14.6. The number of hydrogen-bond acceptors (Lipinski definition) is 2. The summed E-state index contributed by atoms with van der Waals surface area (Å²) in [7, 11) is 0. The second-order valence-electron chi connectivity index (χ2n) is 7.49. The van der Waals surface area contributed by atoms with Gasteiger partial charge in [-0.05, 0) is 27.5 Å². The van der Waals surface area contributed by atoms with Crippen LogP contribution < -0.4 is 0 Å². The maximum absolute atomic E-state index is 10.6. The number of rotatable bonds is 2. The van der Waals surface area contributed by atoms with Gasteiger partial charge in [0.25, 0.3) is 0 Å². The van der Waals surface area contributed by atoms with Gasteiger partial charge in [-0.3, -0.25) is 0 Å². The van der Waals surface area contributed by atoms with Gasteiger partial charge in [0, 0.05) is 5.92 Å². The lowest BCUT2D eigenvalue weighted by Crippen LogP contribution is -2.18. The van der Waals surface area contributed by atoms with Gasteiger partial charge in [-0.15, -0.1) is 0 Å². The third-order valence-electron chi connectivity index (χ3n) is 3.59. The smallest absolute Gasteiger partial charge is 0.123 e. The number of aromatic hydroxyl groups is 1. The van der Waals surface area contributed by atoms with Crippen molar-refractivity contribution in [3.63, 3.8) is 0 Å². The Morgan fingerprint density at radius 3 is 1.65 bits per heavy atom. The molecule has 0 unspecified atom stereocenters. The summed E-state index contributed by atoms with van der Waals surface area (Å²) in [5, 5.41) is 10.6. The van der Waals surface area contributed by atoms with Crippen LogP contribution in [0.15, 0.2) is 12.1 Å². The van der Waals surface area contributed by atoms with Gasteiger partial charge in [0.05, 0.1) is 4.32 Å². The van der Waals surface area contributed by atoms with Crippen molar-refractivity contribution in [1.82, 2.24) is 0 Å². The molecule has 112 valence electrons. The van der Waals surface area contributed by atoms with Crippen LogP contribution in [-0.2, 0) is 10.8 Å². The Labute approximate surface area is 133 Å². The van der Waals surface area contributed by atoms with E-state index in [1.54, 1.807) is 0 Å². The maximum atomic E-state index is 10.6. The molecule has 3 heteroatoms. The van der Waals surface area contributed by atoms with Crippen molar-refractivity contribution >= 4 is 28.1 Å². The van der Waals surface area contributed by atoms with Crippen molar-refractivity contribution in [2.45, 2.75) is 65.2 Å². The van der Waals surface area contributed by atoms with Crippen LogP contribution in [0.25, 0.3) is 0 Å². The van der Waals surface area contributed by atoms with Crippen molar-refractivity contribution in [3.8, 4) is 5.75 Å². The lowest BCUT2D eigenvalue weighted by Gasteiger charge is -2.29. The molecule has 1 rings (SSSR count). The first-order valence-corrected chi connectivity index (χ1v) is 7.71. The van der Waals surface area contributed by atoms with E-state index in [9.17, 15) is 5.11 Å². The van der Waals surface area contributed by atoms with Gasteiger partial charge in [-0.25, -0.2) is 0 Å². The van der Waals surface area contributed by atoms with E-state index in [2.05, 4.69) is 41.5 Å². The molecule has 1 nitrogen and oxygen atoms in total. The number of halogens is 1. The van der Waals surface area contributed by atoms with Crippen LogP contribution >= 0.6 is 23.8 Å². The maximum Gasteiger partial charge on any atom is 0.123 e. The molecular formula is C17H25ClOS. The van der Waals surface area contributed by atoms with Gasteiger partial charge in [0.2, 0.25) is 0 Å². The molecule has 0 saturated carbocycles. The Bertz CT molecular complexity index is 486. The molecule has 0 saturated heterocycles. The van der Waals surface area contributed by atoms with Crippen molar-refractivity contribution in [3.05, 3.63) is 28.8 Å². The third-order valence-corrected chi connectivity index (χ3v) is 4.27. The summed E-state index contributed by atoms with van der Waals surface area (Å²) in [6.07, 6.45) is 0. The van der Waals surface area contributed by atoms with Crippen LogP contribution in [0.2, 0.25) is 0 Å². The van der Waals surface area contributed by atoms with Crippen LogP contribution in [0.5, 0.6) is 5.75 Å². The lowest BCUT2D eigenvalue weighted by molar-refractivity contribution is 0.422. The highest BCUT2D eigenvalue weighted by atomic mass is 35.5. The molecule has 1 aromatic rings. The minimum Gasteiger partial charge on any atom is -0.507 e. The SMILES string of the molecule is C[C@@H](C(=S)Cl)c1cc(C(C)(C)C)c(O)c(C(C)(C)C)c1. The Morgan fingerprint density at radius 1 is 1.05 bits per heavy atom. The molecule has 0 radical (unpaired) electrons. The highest BCUT2D eigenvalue weighted by Crippen LogP contribution is 2.41. The zero-order valence-corrected chi connectivity index (χ0v) is 15.0. The molecule has 0 fully saturated rings. The Balaban J connectivity index is 3.63. The number of phenolic OH excluding ortho intramolecular Hbond substituents is 1. The van der Waals surface area contributed by atoms with Crippen LogP contribution in [0.1, 0.15) is 71.1 Å². The minimum atomic E-state index is -0.131. The van der Waals surface area contributed by atoms with Crippen molar-refractivity contribution in [2.75, 3.05) is 0 Å². The van der Waals surface area contributed by atoms with Gasteiger partial charge >= 0.3 is 0 Å². The van der Waals surface area contributed by atoms with Gasteiger partial charge in [-0.2, -0.15) is 0 Å². The van der Waals surface area contributed by atoms with E-state index in [0.717, 1.165) is 16.7 Å². The van der Waals surface area contributed by atoms with Crippen LogP contribution in [-0.4, -0.2) is 9.43 Å². The van der Waals surface area contributed by atoms with E-state index in [1.165, 1.54) is 0 Å². The van der Waals surface area contributed by atoms with Gasteiger partial charge < -0.3 is 5.11 Å². The fraction of sp³-hybridized carbons (Fsp3) is 0.588. The predicted octanol–water partition coefficient (Wildman–Crippen LogP) is 5.66. The Kier molecular flexibility index (Phi) is 4.93. The van der Waals surface area contributed by atoms with E-state index in [0.29, 0.717) is 10.1 Å². The fourth-order valence-corrected chi connectivity index (χ4v) is 2.44. The third kappa shape index (κ3) is 3.73. The van der Waals surface area contributed by atoms with Gasteiger partial charge in [0.1, 0.15) is 5.75 Å². The summed E-state index contributed by atoms with van der Waals surface area (Å²) in [4.78, 5) is 0. The molecule has 0 bridgehead atoms. The van der Waals surface area contributed by atoms with Crippen LogP contribution in [0.3, 0.4) is 0 Å². The first-order valence-electron chi connectivity index (χ1n) is 6.93. The standard InChI is InChI=1S/C17H25ClOS/c1-10(15(18)20)11-8-12(16(2,3)4)14(19)13(9-11)17(5,6)7/h8-10,19H,1-7H3/t10-/m1/s1. The van der Waals surface area contributed by atoms with Crippen LogP contribution in [0, 0.1) is 0 Å². The molecule has 0 aliphatic rings. The summed E-state index contributed by atoms with van der Waals surface area (Å²) < 4.78 is 0.454. The van der Waals surface area contributed by atoms with Crippen molar-refractivity contribution in [1.29, 1.82) is 0 Å². The van der Waals surface area contributed by atoms with Gasteiger partial charge in [0.15, 0.2) is 0 Å². The summed E-state index contributed by atoms with van der Waals surface area (Å²) in [6, 6.07) is 4.06. The average molecular weight is 313 g/mol. The second kappa shape index (κ2) is 5.65. The molecule has 0 aromatic heterocycles. The molecule has 0 aliphatic heterocycles. The molecule has 0 heterocycles.